The average molecular weight is 298 g/mol. The van der Waals surface area contributed by atoms with Crippen molar-refractivity contribution in [3.8, 4) is 0 Å². The van der Waals surface area contributed by atoms with Crippen LogP contribution in [-0.2, 0) is 0 Å². The summed E-state index contributed by atoms with van der Waals surface area (Å²) in [5.41, 5.74) is 6.77. The van der Waals surface area contributed by atoms with Gasteiger partial charge in [0.15, 0.2) is 11.5 Å². The van der Waals surface area contributed by atoms with Gasteiger partial charge in [0.25, 0.3) is 0 Å². The number of imidazole rings is 1. The number of aromatic nitrogens is 4. The molecular weight excluding hydrogens is 286 g/mol. The molecule has 0 fully saturated rings. The molecule has 0 aromatic carbocycles. The fourth-order valence-electron chi connectivity index (χ4n) is 2.34. The molecule has 20 heavy (non-hydrogen) atoms. The highest BCUT2D eigenvalue weighted by Crippen LogP contribution is 2.32. The van der Waals surface area contributed by atoms with Crippen LogP contribution in [0.4, 0.5) is 5.82 Å². The fraction of sp³-hybridized carbons (Fsp3) is 0.364. The van der Waals surface area contributed by atoms with Crippen molar-refractivity contribution in [3.63, 3.8) is 0 Å². The lowest BCUT2D eigenvalue weighted by molar-refractivity contribution is 0.0287. The average Bonchev–Trinajstić information content (AvgIpc) is 2.93. The molecule has 8 nitrogen and oxygen atoms in total. The van der Waals surface area contributed by atoms with Gasteiger partial charge in [-0.3, -0.25) is 0 Å². The summed E-state index contributed by atoms with van der Waals surface area (Å²) >= 11 is 5.77. The number of nitrogens with two attached hydrogens (primary N) is 1. The van der Waals surface area contributed by atoms with Gasteiger partial charge in [0.1, 0.15) is 17.7 Å². The van der Waals surface area contributed by atoms with Crippen LogP contribution in [0.1, 0.15) is 6.04 Å². The molecule has 0 saturated heterocycles. The van der Waals surface area contributed by atoms with E-state index in [4.69, 9.17) is 22.4 Å². The second kappa shape index (κ2) is 4.67. The summed E-state index contributed by atoms with van der Waals surface area (Å²) in [6.07, 6.45) is 0.771. The summed E-state index contributed by atoms with van der Waals surface area (Å²) in [5.74, 6) is 0.137. The molecule has 0 saturated carbocycles. The number of nitrogen functional groups attached to an aromatic ring is 1. The van der Waals surface area contributed by atoms with Crippen molar-refractivity contribution in [1.29, 1.82) is 0 Å². The molecule has 9 heteroatoms. The number of anilines is 1. The van der Waals surface area contributed by atoms with E-state index in [0.717, 1.165) is 0 Å². The standard InChI is InChI=1S/C11H12ClN5O3/c12-11-15-9(13)6-10(16-11)17(3-14-6)5-1-4(2-18)7(19)8(5)20/h1,3,5,7-8,18-20H,2H2,(H2,13,15,16)/t5-,7-,8+/m1/s1. The van der Waals surface area contributed by atoms with Gasteiger partial charge in [-0.25, -0.2) is 4.98 Å². The van der Waals surface area contributed by atoms with Crippen LogP contribution in [0, 0.1) is 0 Å². The van der Waals surface area contributed by atoms with E-state index in [1.165, 1.54) is 10.9 Å². The van der Waals surface area contributed by atoms with Crippen LogP contribution in [-0.4, -0.2) is 53.7 Å². The number of aliphatic hydroxyl groups is 3. The van der Waals surface area contributed by atoms with Crippen molar-refractivity contribution in [2.24, 2.45) is 0 Å². The lowest BCUT2D eigenvalue weighted by Gasteiger charge is -2.18. The normalized spacial score (nSPS) is 26.2. The molecule has 2 aromatic rings. The van der Waals surface area contributed by atoms with E-state index in [-0.39, 0.29) is 17.7 Å². The van der Waals surface area contributed by atoms with Crippen molar-refractivity contribution in [2.45, 2.75) is 18.2 Å². The summed E-state index contributed by atoms with van der Waals surface area (Å²) in [7, 11) is 0. The van der Waals surface area contributed by atoms with Crippen LogP contribution in [0.25, 0.3) is 11.2 Å². The SMILES string of the molecule is Nc1nc(Cl)nc2c1ncn2[C@@H]1C=C(CO)[C@@H](O)[C@H]1O. The van der Waals surface area contributed by atoms with Gasteiger partial charge in [-0.1, -0.05) is 6.08 Å². The molecule has 0 bridgehead atoms. The van der Waals surface area contributed by atoms with E-state index in [0.29, 0.717) is 16.7 Å². The Balaban J connectivity index is 2.14. The highest BCUT2D eigenvalue weighted by Gasteiger charge is 2.36. The molecular formula is C11H12ClN5O3. The maximum Gasteiger partial charge on any atom is 0.226 e. The lowest BCUT2D eigenvalue weighted by Crippen LogP contribution is -2.30. The van der Waals surface area contributed by atoms with Gasteiger partial charge in [-0.2, -0.15) is 9.97 Å². The maximum atomic E-state index is 10.1. The molecule has 2 heterocycles. The molecule has 5 N–H and O–H groups in total. The van der Waals surface area contributed by atoms with Crippen LogP contribution in [0.2, 0.25) is 5.28 Å². The first-order chi connectivity index (χ1) is 9.52. The van der Waals surface area contributed by atoms with Crippen LogP contribution in [0.15, 0.2) is 18.0 Å². The van der Waals surface area contributed by atoms with Crippen molar-refractivity contribution in [3.05, 3.63) is 23.3 Å². The van der Waals surface area contributed by atoms with Crippen molar-refractivity contribution in [1.82, 2.24) is 19.5 Å². The number of halogens is 1. The largest absolute Gasteiger partial charge is 0.392 e. The molecule has 3 atom stereocenters. The van der Waals surface area contributed by atoms with Gasteiger partial charge in [0, 0.05) is 0 Å². The number of aliphatic hydroxyl groups excluding tert-OH is 3. The summed E-state index contributed by atoms with van der Waals surface area (Å²) < 4.78 is 1.54. The third kappa shape index (κ3) is 1.85. The van der Waals surface area contributed by atoms with E-state index in [1.54, 1.807) is 6.08 Å². The monoisotopic (exact) mass is 297 g/mol. The second-order valence-electron chi connectivity index (χ2n) is 4.53. The molecule has 1 aliphatic carbocycles. The van der Waals surface area contributed by atoms with Gasteiger partial charge >= 0.3 is 0 Å². The summed E-state index contributed by atoms with van der Waals surface area (Å²) in [6, 6.07) is -0.609. The summed E-state index contributed by atoms with van der Waals surface area (Å²) in [6.45, 7) is -0.334. The Morgan fingerprint density at radius 2 is 2.10 bits per heavy atom. The van der Waals surface area contributed by atoms with Gasteiger partial charge in [0.2, 0.25) is 5.28 Å². The summed E-state index contributed by atoms with van der Waals surface area (Å²) in [4.78, 5) is 11.9. The zero-order chi connectivity index (χ0) is 14.4. The first kappa shape index (κ1) is 13.3. The maximum absolute atomic E-state index is 10.1. The molecule has 106 valence electrons. The van der Waals surface area contributed by atoms with Crippen LogP contribution in [0.3, 0.4) is 0 Å². The van der Waals surface area contributed by atoms with Crippen molar-refractivity contribution >= 4 is 28.6 Å². The molecule has 0 aliphatic heterocycles. The second-order valence-corrected chi connectivity index (χ2v) is 4.87. The number of fused-ring (bicyclic) bond motifs is 1. The highest BCUT2D eigenvalue weighted by molar-refractivity contribution is 6.28. The van der Waals surface area contributed by atoms with E-state index in [2.05, 4.69) is 15.0 Å². The smallest absolute Gasteiger partial charge is 0.226 e. The van der Waals surface area contributed by atoms with Gasteiger partial charge in [-0.05, 0) is 17.2 Å². The van der Waals surface area contributed by atoms with Crippen LogP contribution >= 0.6 is 11.6 Å². The van der Waals surface area contributed by atoms with Crippen molar-refractivity contribution < 1.29 is 15.3 Å². The van der Waals surface area contributed by atoms with Crippen molar-refractivity contribution in [2.75, 3.05) is 12.3 Å². The Morgan fingerprint density at radius 3 is 2.75 bits per heavy atom. The lowest BCUT2D eigenvalue weighted by atomic mass is 10.1. The minimum atomic E-state index is -1.13. The minimum Gasteiger partial charge on any atom is -0.392 e. The number of hydrogen-bond donors (Lipinski definition) is 4. The molecule has 0 unspecified atom stereocenters. The third-order valence-corrected chi connectivity index (χ3v) is 3.53. The quantitative estimate of drug-likeness (QED) is 0.424. The van der Waals surface area contributed by atoms with E-state index >= 15 is 0 Å². The Bertz CT molecular complexity index is 701. The first-order valence-electron chi connectivity index (χ1n) is 5.86. The molecule has 1 aliphatic rings. The number of hydrogen-bond acceptors (Lipinski definition) is 7. The molecule has 2 aromatic heterocycles. The predicted molar refractivity (Wildman–Crippen MR) is 71.0 cm³/mol. The fourth-order valence-corrected chi connectivity index (χ4v) is 2.51. The van der Waals surface area contributed by atoms with E-state index < -0.39 is 18.2 Å². The predicted octanol–water partition coefficient (Wildman–Crippen LogP) is -0.743. The zero-order valence-electron chi connectivity index (χ0n) is 10.2. The topological polar surface area (TPSA) is 130 Å². The Morgan fingerprint density at radius 1 is 1.35 bits per heavy atom. The third-order valence-electron chi connectivity index (χ3n) is 3.36. The minimum absolute atomic E-state index is 0.0313. The van der Waals surface area contributed by atoms with Crippen LogP contribution < -0.4 is 5.73 Å². The van der Waals surface area contributed by atoms with Gasteiger partial charge in [0.05, 0.1) is 19.0 Å². The number of rotatable bonds is 2. The Hall–Kier alpha value is -1.74. The first-order valence-corrected chi connectivity index (χ1v) is 6.24. The molecule has 3 rings (SSSR count). The zero-order valence-corrected chi connectivity index (χ0v) is 10.9. The van der Waals surface area contributed by atoms with Crippen LogP contribution in [0.5, 0.6) is 0 Å². The highest BCUT2D eigenvalue weighted by atomic mass is 35.5. The molecule has 0 amide bonds. The summed E-state index contributed by atoms with van der Waals surface area (Å²) in [5, 5.41) is 29.0. The molecule has 0 spiro atoms. The Kier molecular flexibility index (Phi) is 3.09. The van der Waals surface area contributed by atoms with E-state index in [1.807, 2.05) is 0 Å². The van der Waals surface area contributed by atoms with Gasteiger partial charge < -0.3 is 25.6 Å². The molecule has 0 radical (unpaired) electrons. The number of nitrogens with zero attached hydrogens (tertiary/aromatic N) is 4. The van der Waals surface area contributed by atoms with E-state index in [9.17, 15) is 10.2 Å². The van der Waals surface area contributed by atoms with Gasteiger partial charge in [-0.15, -0.1) is 0 Å². The Labute approximate surface area is 118 Å².